The Balaban J connectivity index is 1.87. The van der Waals surface area contributed by atoms with Crippen LogP contribution in [0.4, 0.5) is 30.6 Å². The molecule has 0 fully saturated rings. The van der Waals surface area contributed by atoms with Gasteiger partial charge in [-0.1, -0.05) is 30.3 Å². The van der Waals surface area contributed by atoms with Crippen molar-refractivity contribution in [3.63, 3.8) is 0 Å². The second-order valence-electron chi connectivity index (χ2n) is 7.21. The Kier molecular flexibility index (Phi) is 6.96. The minimum Gasteiger partial charge on any atom is -0.406 e. The molecule has 9 heteroatoms. The molecule has 6 nitrogen and oxygen atoms in total. The minimum absolute atomic E-state index is 0.269. The first-order valence-electron chi connectivity index (χ1n) is 9.66. The van der Waals surface area contributed by atoms with Gasteiger partial charge in [0.2, 0.25) is 5.95 Å². The maximum Gasteiger partial charge on any atom is 0.573 e. The maximum absolute atomic E-state index is 12.5. The first-order valence-corrected chi connectivity index (χ1v) is 9.66. The average molecular weight is 431 g/mol. The second kappa shape index (κ2) is 9.65. The monoisotopic (exact) mass is 431 g/mol. The fraction of sp³-hybridized carbons (Fsp3) is 0.273. The standard InChI is InChI=1S/C22H24F3N5O/c1-15-13-17(31-22(23,24)25)9-10-18(15)27-20-14-19(16-7-5-4-6-8-16)28-21(29-20)26-11-12-30(2)3/h4-10,13-14H,11-12H2,1-3H3,(H2,26,27,28,29). The predicted molar refractivity (Wildman–Crippen MR) is 116 cm³/mol. The highest BCUT2D eigenvalue weighted by atomic mass is 19.4. The van der Waals surface area contributed by atoms with Crippen LogP contribution in [-0.4, -0.2) is 48.4 Å². The molecule has 3 aromatic rings. The molecule has 31 heavy (non-hydrogen) atoms. The molecule has 0 amide bonds. The molecule has 0 unspecified atom stereocenters. The zero-order valence-electron chi connectivity index (χ0n) is 17.5. The van der Waals surface area contributed by atoms with Crippen molar-refractivity contribution in [3.05, 3.63) is 60.2 Å². The number of rotatable bonds is 8. The molecule has 1 heterocycles. The number of ether oxygens (including phenoxy) is 1. The Morgan fingerprint density at radius 3 is 2.39 bits per heavy atom. The van der Waals surface area contributed by atoms with Crippen LogP contribution in [0.25, 0.3) is 11.3 Å². The highest BCUT2D eigenvalue weighted by Gasteiger charge is 2.31. The fourth-order valence-corrected chi connectivity index (χ4v) is 2.85. The van der Waals surface area contributed by atoms with E-state index in [0.717, 1.165) is 17.8 Å². The van der Waals surface area contributed by atoms with E-state index >= 15 is 0 Å². The molecular formula is C22H24F3N5O. The quantitative estimate of drug-likeness (QED) is 0.519. The number of halogens is 3. The van der Waals surface area contributed by atoms with E-state index in [9.17, 15) is 13.2 Å². The van der Waals surface area contributed by atoms with E-state index in [1.54, 1.807) is 13.0 Å². The first kappa shape index (κ1) is 22.4. The van der Waals surface area contributed by atoms with Crippen LogP contribution in [0.15, 0.2) is 54.6 Å². The van der Waals surface area contributed by atoms with Gasteiger partial charge in [0.15, 0.2) is 0 Å². The van der Waals surface area contributed by atoms with Gasteiger partial charge in [-0.3, -0.25) is 0 Å². The van der Waals surface area contributed by atoms with Crippen molar-refractivity contribution in [3.8, 4) is 17.0 Å². The molecule has 0 spiro atoms. The van der Waals surface area contributed by atoms with E-state index < -0.39 is 6.36 Å². The number of likely N-dealkylation sites (N-methyl/N-ethyl adjacent to an activating group) is 1. The summed E-state index contributed by atoms with van der Waals surface area (Å²) in [5.41, 5.74) is 2.85. The SMILES string of the molecule is Cc1cc(OC(F)(F)F)ccc1Nc1cc(-c2ccccc2)nc(NCCN(C)C)n1. The van der Waals surface area contributed by atoms with Crippen molar-refractivity contribution >= 4 is 17.5 Å². The van der Waals surface area contributed by atoms with Crippen molar-refractivity contribution in [1.29, 1.82) is 0 Å². The van der Waals surface area contributed by atoms with Crippen molar-refractivity contribution in [2.24, 2.45) is 0 Å². The van der Waals surface area contributed by atoms with Crippen LogP contribution in [0.3, 0.4) is 0 Å². The number of hydrogen-bond donors (Lipinski definition) is 2. The van der Waals surface area contributed by atoms with Gasteiger partial charge in [0, 0.05) is 30.4 Å². The zero-order chi connectivity index (χ0) is 22.4. The molecule has 0 radical (unpaired) electrons. The molecular weight excluding hydrogens is 407 g/mol. The van der Waals surface area contributed by atoms with E-state index in [2.05, 4.69) is 25.3 Å². The smallest absolute Gasteiger partial charge is 0.406 e. The third-order valence-corrected chi connectivity index (χ3v) is 4.33. The highest BCUT2D eigenvalue weighted by Crippen LogP contribution is 2.29. The summed E-state index contributed by atoms with van der Waals surface area (Å²) in [6, 6.07) is 15.6. The van der Waals surface area contributed by atoms with Crippen LogP contribution in [0.1, 0.15) is 5.56 Å². The Morgan fingerprint density at radius 2 is 1.74 bits per heavy atom. The molecule has 2 aromatic carbocycles. The largest absolute Gasteiger partial charge is 0.573 e. The summed E-state index contributed by atoms with van der Waals surface area (Å²) >= 11 is 0. The van der Waals surface area contributed by atoms with E-state index in [1.807, 2.05) is 49.3 Å². The normalized spacial score (nSPS) is 11.5. The number of alkyl halides is 3. The second-order valence-corrected chi connectivity index (χ2v) is 7.21. The van der Waals surface area contributed by atoms with Gasteiger partial charge in [-0.25, -0.2) is 4.98 Å². The van der Waals surface area contributed by atoms with Gasteiger partial charge in [0.1, 0.15) is 11.6 Å². The molecule has 0 saturated carbocycles. The lowest BCUT2D eigenvalue weighted by Gasteiger charge is -2.15. The van der Waals surface area contributed by atoms with Gasteiger partial charge in [-0.2, -0.15) is 4.98 Å². The Hall–Kier alpha value is -3.33. The van der Waals surface area contributed by atoms with Gasteiger partial charge in [-0.15, -0.1) is 13.2 Å². The molecule has 0 saturated heterocycles. The van der Waals surface area contributed by atoms with Crippen LogP contribution in [-0.2, 0) is 0 Å². The lowest BCUT2D eigenvalue weighted by molar-refractivity contribution is -0.274. The molecule has 0 aliphatic rings. The van der Waals surface area contributed by atoms with Crippen LogP contribution >= 0.6 is 0 Å². The maximum atomic E-state index is 12.5. The average Bonchev–Trinajstić information content (AvgIpc) is 2.69. The molecule has 0 atom stereocenters. The molecule has 1 aromatic heterocycles. The Labute approximate surface area is 179 Å². The molecule has 0 aliphatic carbocycles. The van der Waals surface area contributed by atoms with E-state index in [-0.39, 0.29) is 5.75 Å². The summed E-state index contributed by atoms with van der Waals surface area (Å²) in [5.74, 6) is 0.712. The Morgan fingerprint density at radius 1 is 1.00 bits per heavy atom. The van der Waals surface area contributed by atoms with Crippen LogP contribution in [0.2, 0.25) is 0 Å². The summed E-state index contributed by atoms with van der Waals surface area (Å²) in [4.78, 5) is 11.1. The number of nitrogens with one attached hydrogen (secondary N) is 2. The molecule has 2 N–H and O–H groups in total. The topological polar surface area (TPSA) is 62.3 Å². The fourth-order valence-electron chi connectivity index (χ4n) is 2.85. The summed E-state index contributed by atoms with van der Waals surface area (Å²) in [7, 11) is 3.95. The number of aromatic nitrogens is 2. The summed E-state index contributed by atoms with van der Waals surface area (Å²) in [6.45, 7) is 3.16. The molecule has 164 valence electrons. The van der Waals surface area contributed by atoms with Gasteiger partial charge in [0.05, 0.1) is 5.69 Å². The highest BCUT2D eigenvalue weighted by molar-refractivity contribution is 5.69. The van der Waals surface area contributed by atoms with E-state index in [0.29, 0.717) is 29.6 Å². The number of aryl methyl sites for hydroxylation is 1. The zero-order valence-corrected chi connectivity index (χ0v) is 17.5. The lowest BCUT2D eigenvalue weighted by Crippen LogP contribution is -2.21. The predicted octanol–water partition coefficient (Wildman–Crippen LogP) is 5.07. The van der Waals surface area contributed by atoms with Crippen molar-refractivity contribution in [1.82, 2.24) is 14.9 Å². The van der Waals surface area contributed by atoms with Gasteiger partial charge >= 0.3 is 6.36 Å². The third-order valence-electron chi connectivity index (χ3n) is 4.33. The Bertz CT molecular complexity index is 1010. The van der Waals surface area contributed by atoms with Gasteiger partial charge in [0.25, 0.3) is 0 Å². The third kappa shape index (κ3) is 6.85. The summed E-state index contributed by atoms with van der Waals surface area (Å²) < 4.78 is 41.4. The molecule has 3 rings (SSSR count). The van der Waals surface area contributed by atoms with Crippen molar-refractivity contribution < 1.29 is 17.9 Å². The van der Waals surface area contributed by atoms with E-state index in [1.165, 1.54) is 18.2 Å². The van der Waals surface area contributed by atoms with Crippen molar-refractivity contribution in [2.75, 3.05) is 37.8 Å². The molecule has 0 bridgehead atoms. The number of benzene rings is 2. The minimum atomic E-state index is -4.73. The number of anilines is 3. The first-order chi connectivity index (χ1) is 14.7. The van der Waals surface area contributed by atoms with Crippen LogP contribution in [0.5, 0.6) is 5.75 Å². The lowest BCUT2D eigenvalue weighted by atomic mass is 10.1. The van der Waals surface area contributed by atoms with E-state index in [4.69, 9.17) is 0 Å². The molecule has 0 aliphatic heterocycles. The van der Waals surface area contributed by atoms with Gasteiger partial charge in [-0.05, 0) is 44.8 Å². The van der Waals surface area contributed by atoms with Gasteiger partial charge < -0.3 is 20.3 Å². The summed E-state index contributed by atoms with van der Waals surface area (Å²) in [6.07, 6.45) is -4.73. The van der Waals surface area contributed by atoms with Crippen LogP contribution in [0, 0.1) is 6.92 Å². The van der Waals surface area contributed by atoms with Crippen LogP contribution < -0.4 is 15.4 Å². The van der Waals surface area contributed by atoms with Crippen molar-refractivity contribution in [2.45, 2.75) is 13.3 Å². The number of nitrogens with zero attached hydrogens (tertiary/aromatic N) is 3. The summed E-state index contributed by atoms with van der Waals surface area (Å²) in [5, 5.41) is 6.39. The number of hydrogen-bond acceptors (Lipinski definition) is 6.